The van der Waals surface area contributed by atoms with Gasteiger partial charge in [-0.2, -0.15) is 15.3 Å². The zero-order chi connectivity index (χ0) is 21.5. The first-order chi connectivity index (χ1) is 14.5. The van der Waals surface area contributed by atoms with Gasteiger partial charge in [-0.15, -0.1) is 4.91 Å². The second-order valence-corrected chi connectivity index (χ2v) is 6.44. The number of azo groups is 1. The molecule has 0 aliphatic rings. The Balaban J connectivity index is 1.72. The molecule has 150 valence electrons. The van der Waals surface area contributed by atoms with Gasteiger partial charge in [-0.25, -0.2) is 0 Å². The van der Waals surface area contributed by atoms with Crippen LogP contribution in [0, 0.1) is 21.9 Å². The van der Waals surface area contributed by atoms with E-state index in [0.717, 1.165) is 22.9 Å². The van der Waals surface area contributed by atoms with Crippen molar-refractivity contribution in [3.8, 4) is 0 Å². The van der Waals surface area contributed by atoms with Gasteiger partial charge in [0.15, 0.2) is 0 Å². The predicted molar refractivity (Wildman–Crippen MR) is 116 cm³/mol. The van der Waals surface area contributed by atoms with Crippen molar-refractivity contribution >= 4 is 34.1 Å². The Morgan fingerprint density at radius 2 is 1.47 bits per heavy atom. The van der Waals surface area contributed by atoms with E-state index in [1.54, 1.807) is 19.1 Å². The molecule has 1 N–H and O–H groups in total. The fraction of sp³-hybridized carbons (Fsp3) is 0.0952. The van der Waals surface area contributed by atoms with Crippen molar-refractivity contribution in [1.29, 1.82) is 0 Å². The van der Waals surface area contributed by atoms with E-state index in [0.29, 0.717) is 11.4 Å². The lowest BCUT2D eigenvalue weighted by Gasteiger charge is -2.05. The van der Waals surface area contributed by atoms with E-state index >= 15 is 0 Å². The lowest BCUT2D eigenvalue weighted by molar-refractivity contribution is -0.383. The number of nitro groups is 1. The van der Waals surface area contributed by atoms with Crippen molar-refractivity contribution in [2.45, 2.75) is 13.8 Å². The molecule has 9 heteroatoms. The molecule has 0 amide bonds. The number of rotatable bonds is 7. The van der Waals surface area contributed by atoms with Crippen molar-refractivity contribution in [3.05, 3.63) is 92.9 Å². The maximum Gasteiger partial charge on any atom is 0.296 e. The molecule has 0 fully saturated rings. The first-order valence-corrected chi connectivity index (χ1v) is 8.97. The van der Waals surface area contributed by atoms with Crippen molar-refractivity contribution < 1.29 is 4.92 Å². The molecule has 0 atom stereocenters. The van der Waals surface area contributed by atoms with E-state index in [-0.39, 0.29) is 17.1 Å². The summed E-state index contributed by atoms with van der Waals surface area (Å²) < 4.78 is 0. The summed E-state index contributed by atoms with van der Waals surface area (Å²) in [6, 6.07) is 18.9. The molecule has 0 saturated carbocycles. The maximum absolute atomic E-state index is 11.2. The van der Waals surface area contributed by atoms with E-state index in [4.69, 9.17) is 0 Å². The largest absolute Gasteiger partial charge is 0.296 e. The molecule has 0 aliphatic heterocycles. The lowest BCUT2D eigenvalue weighted by Crippen LogP contribution is -2.01. The van der Waals surface area contributed by atoms with Crippen LogP contribution in [0.4, 0.5) is 28.4 Å². The molecule has 0 aliphatic carbocycles. The molecule has 9 nitrogen and oxygen atoms in total. The Hall–Kier alpha value is -4.27. The number of hydrogen-bond donors (Lipinski definition) is 1. The molecule has 0 unspecified atom stereocenters. The minimum absolute atomic E-state index is 0.0247. The average molecular weight is 402 g/mol. The highest BCUT2D eigenvalue weighted by atomic mass is 16.6. The SMILES string of the molecule is C/C(=N\Nc1ccc(N=O)cc1[N+](=O)[O-])c1ccc(N=Nc2ccc(C)cc2)cc1. The zero-order valence-electron chi connectivity index (χ0n) is 16.3. The predicted octanol–water partition coefficient (Wildman–Crippen LogP) is 6.55. The molecule has 0 spiro atoms. The summed E-state index contributed by atoms with van der Waals surface area (Å²) in [5.74, 6) is 0. The monoisotopic (exact) mass is 402 g/mol. The van der Waals surface area contributed by atoms with Gasteiger partial charge in [-0.3, -0.25) is 15.5 Å². The van der Waals surface area contributed by atoms with Crippen LogP contribution in [0.25, 0.3) is 0 Å². The molecule has 0 aromatic heterocycles. The van der Waals surface area contributed by atoms with Gasteiger partial charge in [0.05, 0.1) is 22.0 Å². The van der Waals surface area contributed by atoms with E-state index in [9.17, 15) is 15.0 Å². The van der Waals surface area contributed by atoms with Gasteiger partial charge in [-0.1, -0.05) is 29.8 Å². The summed E-state index contributed by atoms with van der Waals surface area (Å²) in [5, 5.41) is 26.5. The van der Waals surface area contributed by atoms with Gasteiger partial charge in [0, 0.05) is 6.07 Å². The highest BCUT2D eigenvalue weighted by Gasteiger charge is 2.15. The first-order valence-electron chi connectivity index (χ1n) is 8.97. The molecule has 3 aromatic rings. The third kappa shape index (κ3) is 5.16. The van der Waals surface area contributed by atoms with Gasteiger partial charge >= 0.3 is 0 Å². The van der Waals surface area contributed by atoms with Crippen LogP contribution in [0.5, 0.6) is 0 Å². The van der Waals surface area contributed by atoms with Gasteiger partial charge in [0.1, 0.15) is 11.4 Å². The van der Waals surface area contributed by atoms with Gasteiger partial charge in [-0.05, 0) is 61.0 Å². The molecular weight excluding hydrogens is 384 g/mol. The quantitative estimate of drug-likeness (QED) is 0.158. The number of hydrogen-bond acceptors (Lipinski definition) is 8. The summed E-state index contributed by atoms with van der Waals surface area (Å²) in [7, 11) is 0. The Labute approximate surface area is 172 Å². The normalized spacial score (nSPS) is 11.5. The number of benzene rings is 3. The van der Waals surface area contributed by atoms with Crippen molar-refractivity contribution in [3.63, 3.8) is 0 Å². The summed E-state index contributed by atoms with van der Waals surface area (Å²) in [4.78, 5) is 21.2. The number of anilines is 1. The lowest BCUT2D eigenvalue weighted by atomic mass is 10.1. The fourth-order valence-electron chi connectivity index (χ4n) is 2.53. The number of nitroso groups, excluding NO2 is 1. The van der Waals surface area contributed by atoms with Crippen LogP contribution in [0.1, 0.15) is 18.1 Å². The average Bonchev–Trinajstić information content (AvgIpc) is 2.77. The summed E-state index contributed by atoms with van der Waals surface area (Å²) in [6.45, 7) is 3.77. The number of aryl methyl sites for hydroxylation is 1. The van der Waals surface area contributed by atoms with Gasteiger partial charge in [0.2, 0.25) is 0 Å². The highest BCUT2D eigenvalue weighted by molar-refractivity contribution is 5.99. The molecular formula is C21H18N6O3. The van der Waals surface area contributed by atoms with Crippen LogP contribution >= 0.6 is 0 Å². The third-order valence-electron chi connectivity index (χ3n) is 4.23. The van der Waals surface area contributed by atoms with Crippen molar-refractivity contribution in [2.75, 3.05) is 5.43 Å². The standard InChI is InChI=1S/C21H18N6O3/c1-14-3-7-17(8-4-14)23-24-18-9-5-16(6-10-18)15(2)22-25-20-12-11-19(26-28)13-21(20)27(29)30/h3-13,25H,1-2H3/b22-15+,24-23?. The molecule has 3 aromatic carbocycles. The van der Waals surface area contributed by atoms with Crippen LogP contribution in [0.2, 0.25) is 0 Å². The number of hydrazone groups is 1. The molecule has 0 radical (unpaired) electrons. The molecule has 3 rings (SSSR count). The van der Waals surface area contributed by atoms with E-state index in [1.807, 2.05) is 43.3 Å². The van der Waals surface area contributed by atoms with Crippen LogP contribution in [0.15, 0.2) is 87.2 Å². The number of nitro benzene ring substituents is 1. The Kier molecular flexibility index (Phi) is 6.33. The number of nitrogens with zero attached hydrogens (tertiary/aromatic N) is 5. The second kappa shape index (κ2) is 9.28. The van der Waals surface area contributed by atoms with Crippen molar-refractivity contribution in [1.82, 2.24) is 0 Å². The van der Waals surface area contributed by atoms with Gasteiger partial charge in [0.25, 0.3) is 5.69 Å². The molecule has 30 heavy (non-hydrogen) atoms. The van der Waals surface area contributed by atoms with Crippen LogP contribution in [0.3, 0.4) is 0 Å². The maximum atomic E-state index is 11.2. The minimum Gasteiger partial charge on any atom is -0.271 e. The summed E-state index contributed by atoms with van der Waals surface area (Å²) in [5.41, 5.74) is 6.56. The molecule has 0 saturated heterocycles. The topological polar surface area (TPSA) is 122 Å². The zero-order valence-corrected chi connectivity index (χ0v) is 16.3. The first kappa shape index (κ1) is 20.5. The highest BCUT2D eigenvalue weighted by Crippen LogP contribution is 2.29. The summed E-state index contributed by atoms with van der Waals surface area (Å²) >= 11 is 0. The Morgan fingerprint density at radius 3 is 2.03 bits per heavy atom. The fourth-order valence-corrected chi connectivity index (χ4v) is 2.53. The third-order valence-corrected chi connectivity index (χ3v) is 4.23. The molecule has 0 bridgehead atoms. The van der Waals surface area contributed by atoms with E-state index < -0.39 is 4.92 Å². The minimum atomic E-state index is -0.601. The van der Waals surface area contributed by atoms with Crippen LogP contribution in [-0.2, 0) is 0 Å². The van der Waals surface area contributed by atoms with Crippen LogP contribution < -0.4 is 5.43 Å². The smallest absolute Gasteiger partial charge is 0.271 e. The summed E-state index contributed by atoms with van der Waals surface area (Å²) in [6.07, 6.45) is 0. The van der Waals surface area contributed by atoms with Gasteiger partial charge < -0.3 is 0 Å². The number of nitrogens with one attached hydrogen (secondary N) is 1. The van der Waals surface area contributed by atoms with E-state index in [1.165, 1.54) is 12.1 Å². The van der Waals surface area contributed by atoms with Crippen molar-refractivity contribution in [2.24, 2.45) is 20.5 Å². The Bertz CT molecular complexity index is 1120. The Morgan fingerprint density at radius 1 is 0.900 bits per heavy atom. The van der Waals surface area contributed by atoms with E-state index in [2.05, 4.69) is 25.9 Å². The second-order valence-electron chi connectivity index (χ2n) is 6.44. The van der Waals surface area contributed by atoms with Crippen LogP contribution in [-0.4, -0.2) is 10.6 Å². The molecule has 0 heterocycles.